The van der Waals surface area contributed by atoms with Gasteiger partial charge in [-0.3, -0.25) is 0 Å². The summed E-state index contributed by atoms with van der Waals surface area (Å²) in [6, 6.07) is 8.42. The maximum atomic E-state index is 3.58. The highest BCUT2D eigenvalue weighted by molar-refractivity contribution is 6.33. The fourth-order valence-electron chi connectivity index (χ4n) is 1.11. The fraction of sp³-hybridized carbons (Fsp3) is 0.400. The number of rotatable bonds is 3. The van der Waals surface area contributed by atoms with Crippen molar-refractivity contribution >= 4 is 15.4 Å². The smallest absolute Gasteiger partial charge is 0.0654 e. The molecule has 0 saturated heterocycles. The van der Waals surface area contributed by atoms with Gasteiger partial charge < -0.3 is 0 Å². The number of unbranched alkanes of at least 4 members (excludes halogenated alkanes) is 1. The van der Waals surface area contributed by atoms with E-state index in [0.717, 1.165) is 0 Å². The number of hydrogen-bond donors (Lipinski definition) is 0. The standard InChI is InChI=1S/C10H13Si/c1-2-3-6-9-7-4-5-8-10(9)11/h4-5,7-8H,2-3,6H2,1H3. The average molecular weight is 161 g/mol. The lowest BCUT2D eigenvalue weighted by atomic mass is 10.1. The highest BCUT2D eigenvalue weighted by Crippen LogP contribution is 2.00. The van der Waals surface area contributed by atoms with Gasteiger partial charge in [-0.2, -0.15) is 0 Å². The van der Waals surface area contributed by atoms with Crippen LogP contribution in [0.5, 0.6) is 0 Å². The van der Waals surface area contributed by atoms with Gasteiger partial charge in [0.25, 0.3) is 0 Å². The molecule has 0 aromatic heterocycles. The van der Waals surface area contributed by atoms with Crippen LogP contribution in [0.3, 0.4) is 0 Å². The van der Waals surface area contributed by atoms with Gasteiger partial charge in [-0.25, -0.2) is 0 Å². The fourth-order valence-corrected chi connectivity index (χ4v) is 1.41. The zero-order valence-corrected chi connectivity index (χ0v) is 7.93. The summed E-state index contributed by atoms with van der Waals surface area (Å²) in [6.07, 6.45) is 3.73. The quantitative estimate of drug-likeness (QED) is 0.593. The summed E-state index contributed by atoms with van der Waals surface area (Å²) in [6.45, 7) is 2.22. The molecule has 0 heterocycles. The Morgan fingerprint density at radius 1 is 1.27 bits per heavy atom. The van der Waals surface area contributed by atoms with Crippen LogP contribution >= 0.6 is 0 Å². The van der Waals surface area contributed by atoms with Crippen LogP contribution in [0.15, 0.2) is 24.3 Å². The van der Waals surface area contributed by atoms with E-state index in [1.54, 1.807) is 0 Å². The summed E-state index contributed by atoms with van der Waals surface area (Å²) in [4.78, 5) is 0. The zero-order chi connectivity index (χ0) is 8.10. The highest BCUT2D eigenvalue weighted by Gasteiger charge is 1.94. The van der Waals surface area contributed by atoms with Gasteiger partial charge in [0.2, 0.25) is 0 Å². The van der Waals surface area contributed by atoms with Gasteiger partial charge in [-0.1, -0.05) is 42.8 Å². The van der Waals surface area contributed by atoms with Crippen molar-refractivity contribution in [1.29, 1.82) is 0 Å². The predicted molar refractivity (Wildman–Crippen MR) is 50.4 cm³/mol. The van der Waals surface area contributed by atoms with Crippen molar-refractivity contribution in [1.82, 2.24) is 0 Å². The lowest BCUT2D eigenvalue weighted by Crippen LogP contribution is -2.08. The van der Waals surface area contributed by atoms with E-state index >= 15 is 0 Å². The SMILES string of the molecule is CCCCc1ccccc1[Si]. The maximum absolute atomic E-state index is 3.58. The van der Waals surface area contributed by atoms with E-state index < -0.39 is 0 Å². The molecular weight excluding hydrogens is 148 g/mol. The van der Waals surface area contributed by atoms with Crippen LogP contribution in [0.2, 0.25) is 0 Å². The molecule has 0 amide bonds. The number of benzene rings is 1. The van der Waals surface area contributed by atoms with Crippen molar-refractivity contribution in [3.8, 4) is 0 Å². The molecule has 1 heteroatoms. The zero-order valence-electron chi connectivity index (χ0n) is 6.93. The molecule has 1 rings (SSSR count). The van der Waals surface area contributed by atoms with Crippen LogP contribution in [0.4, 0.5) is 0 Å². The van der Waals surface area contributed by atoms with E-state index in [9.17, 15) is 0 Å². The molecule has 0 spiro atoms. The lowest BCUT2D eigenvalue weighted by Gasteiger charge is -2.02. The van der Waals surface area contributed by atoms with Gasteiger partial charge in [-0.15, -0.1) is 0 Å². The minimum absolute atomic E-state index is 1.19. The van der Waals surface area contributed by atoms with Crippen LogP contribution in [0.1, 0.15) is 25.3 Å². The molecule has 0 nitrogen and oxygen atoms in total. The van der Waals surface area contributed by atoms with E-state index in [0.29, 0.717) is 0 Å². The van der Waals surface area contributed by atoms with Crippen molar-refractivity contribution < 1.29 is 0 Å². The summed E-state index contributed by atoms with van der Waals surface area (Å²) in [5, 5.41) is 1.24. The van der Waals surface area contributed by atoms with Gasteiger partial charge >= 0.3 is 0 Å². The van der Waals surface area contributed by atoms with Crippen molar-refractivity contribution in [3.05, 3.63) is 29.8 Å². The van der Waals surface area contributed by atoms with Crippen LogP contribution in [0, 0.1) is 0 Å². The van der Waals surface area contributed by atoms with E-state index in [2.05, 4.69) is 41.4 Å². The average Bonchev–Trinajstić information content (AvgIpc) is 2.03. The molecule has 0 fully saturated rings. The van der Waals surface area contributed by atoms with Gasteiger partial charge in [-0.05, 0) is 18.4 Å². The molecule has 57 valence electrons. The Labute approximate surface area is 72.1 Å². The third kappa shape index (κ3) is 2.50. The summed E-state index contributed by atoms with van der Waals surface area (Å²) in [5.74, 6) is 0. The number of aryl methyl sites for hydroxylation is 1. The van der Waals surface area contributed by atoms with Gasteiger partial charge in [0.1, 0.15) is 0 Å². The van der Waals surface area contributed by atoms with Gasteiger partial charge in [0.05, 0.1) is 10.2 Å². The first-order valence-corrected chi connectivity index (χ1v) is 4.64. The molecule has 0 unspecified atom stereocenters. The molecule has 0 aliphatic rings. The van der Waals surface area contributed by atoms with E-state index in [-0.39, 0.29) is 0 Å². The molecule has 0 saturated carbocycles. The molecule has 3 radical (unpaired) electrons. The Hall–Kier alpha value is -0.563. The maximum Gasteiger partial charge on any atom is 0.0715 e. The van der Waals surface area contributed by atoms with Gasteiger partial charge in [0.15, 0.2) is 0 Å². The first-order chi connectivity index (χ1) is 5.34. The Morgan fingerprint density at radius 3 is 2.64 bits per heavy atom. The summed E-state index contributed by atoms with van der Waals surface area (Å²) in [7, 11) is 3.58. The predicted octanol–water partition coefficient (Wildman–Crippen LogP) is 1.82. The monoisotopic (exact) mass is 161 g/mol. The second-order valence-corrected chi connectivity index (χ2v) is 3.30. The Morgan fingerprint density at radius 2 is 2.00 bits per heavy atom. The Kier molecular flexibility index (Phi) is 3.37. The second kappa shape index (κ2) is 4.34. The topological polar surface area (TPSA) is 0 Å². The first-order valence-electron chi connectivity index (χ1n) is 4.14. The summed E-state index contributed by atoms with van der Waals surface area (Å²) in [5.41, 5.74) is 1.42. The second-order valence-electron chi connectivity index (χ2n) is 2.76. The molecular formula is C10H13Si. The molecule has 0 aliphatic heterocycles. The minimum atomic E-state index is 1.19. The van der Waals surface area contributed by atoms with Crippen molar-refractivity contribution in [3.63, 3.8) is 0 Å². The first kappa shape index (κ1) is 8.53. The van der Waals surface area contributed by atoms with Crippen LogP contribution in [0.25, 0.3) is 0 Å². The molecule has 0 atom stereocenters. The van der Waals surface area contributed by atoms with Gasteiger partial charge in [0, 0.05) is 0 Å². The van der Waals surface area contributed by atoms with Crippen LogP contribution in [-0.2, 0) is 6.42 Å². The highest BCUT2D eigenvalue weighted by atomic mass is 28.1. The molecule has 11 heavy (non-hydrogen) atoms. The molecule has 1 aromatic carbocycles. The third-order valence-corrected chi connectivity index (χ3v) is 2.30. The van der Waals surface area contributed by atoms with E-state index in [1.807, 2.05) is 0 Å². The van der Waals surface area contributed by atoms with Crippen LogP contribution < -0.4 is 5.19 Å². The Bertz CT molecular complexity index is 218. The largest absolute Gasteiger partial charge is 0.0715 e. The normalized spacial score (nSPS) is 10.0. The third-order valence-electron chi connectivity index (χ3n) is 1.82. The van der Waals surface area contributed by atoms with E-state index in [4.69, 9.17) is 0 Å². The summed E-state index contributed by atoms with van der Waals surface area (Å²) >= 11 is 0. The van der Waals surface area contributed by atoms with Crippen LogP contribution in [-0.4, -0.2) is 10.2 Å². The molecule has 0 N–H and O–H groups in total. The van der Waals surface area contributed by atoms with Crippen molar-refractivity contribution in [2.45, 2.75) is 26.2 Å². The molecule has 0 bridgehead atoms. The number of hydrogen-bond acceptors (Lipinski definition) is 0. The molecule has 1 aromatic rings. The van der Waals surface area contributed by atoms with Crippen molar-refractivity contribution in [2.75, 3.05) is 0 Å². The lowest BCUT2D eigenvalue weighted by molar-refractivity contribution is 0.798. The molecule has 0 aliphatic carbocycles. The summed E-state index contributed by atoms with van der Waals surface area (Å²) < 4.78 is 0. The van der Waals surface area contributed by atoms with E-state index in [1.165, 1.54) is 30.0 Å². The minimum Gasteiger partial charge on any atom is -0.0654 e. The van der Waals surface area contributed by atoms with Crippen molar-refractivity contribution in [2.24, 2.45) is 0 Å². The Balaban J connectivity index is 2.62.